The number of nitrogens with zero attached hydrogens (tertiary/aromatic N) is 3. The average molecular weight is 485 g/mol. The predicted octanol–water partition coefficient (Wildman–Crippen LogP) is 4.95. The highest BCUT2D eigenvalue weighted by Crippen LogP contribution is 2.35. The van der Waals surface area contributed by atoms with Crippen molar-refractivity contribution in [3.63, 3.8) is 0 Å². The second kappa shape index (κ2) is 8.50. The third-order valence-corrected chi connectivity index (χ3v) is 8.12. The minimum atomic E-state index is -0.147. The molecule has 1 aliphatic carbocycles. The highest BCUT2D eigenvalue weighted by molar-refractivity contribution is 7.98. The van der Waals surface area contributed by atoms with Gasteiger partial charge in [-0.3, -0.25) is 14.2 Å². The van der Waals surface area contributed by atoms with E-state index in [1.807, 2.05) is 0 Å². The van der Waals surface area contributed by atoms with Gasteiger partial charge in [0.25, 0.3) is 11.1 Å². The van der Waals surface area contributed by atoms with E-state index in [-0.39, 0.29) is 11.1 Å². The third-order valence-electron chi connectivity index (χ3n) is 5.75. The van der Waals surface area contributed by atoms with Crippen molar-refractivity contribution in [1.29, 1.82) is 0 Å². The lowest BCUT2D eigenvalue weighted by atomic mass is 9.89. The van der Waals surface area contributed by atoms with Crippen molar-refractivity contribution in [2.24, 2.45) is 5.92 Å². The molecular weight excluding hydrogens is 464 g/mol. The van der Waals surface area contributed by atoms with E-state index < -0.39 is 0 Å². The Hall–Kier alpha value is -2.42. The zero-order chi connectivity index (χ0) is 22.4. The maximum Gasteiger partial charge on any atom is 0.262 e. The van der Waals surface area contributed by atoms with Crippen molar-refractivity contribution in [3.8, 4) is 0 Å². The Labute approximate surface area is 197 Å². The van der Waals surface area contributed by atoms with E-state index in [2.05, 4.69) is 23.5 Å². The van der Waals surface area contributed by atoms with E-state index in [4.69, 9.17) is 16.6 Å². The van der Waals surface area contributed by atoms with Crippen LogP contribution in [0, 0.1) is 5.92 Å². The van der Waals surface area contributed by atoms with Gasteiger partial charge >= 0.3 is 0 Å². The molecule has 32 heavy (non-hydrogen) atoms. The average Bonchev–Trinajstić information content (AvgIpc) is 3.12. The van der Waals surface area contributed by atoms with Gasteiger partial charge in [0.1, 0.15) is 10.7 Å². The van der Waals surface area contributed by atoms with Crippen LogP contribution >= 0.6 is 34.7 Å². The molecule has 3 aromatic heterocycles. The van der Waals surface area contributed by atoms with Crippen LogP contribution in [-0.2, 0) is 25.1 Å². The summed E-state index contributed by atoms with van der Waals surface area (Å²) in [7, 11) is 0. The van der Waals surface area contributed by atoms with Crippen LogP contribution in [0.25, 0.3) is 21.1 Å². The fraction of sp³-hybridized carbons (Fsp3) is 0.304. The van der Waals surface area contributed by atoms with E-state index in [0.29, 0.717) is 45.1 Å². The lowest BCUT2D eigenvalue weighted by Gasteiger charge is -2.17. The van der Waals surface area contributed by atoms with Gasteiger partial charge in [-0.05, 0) is 48.9 Å². The first-order valence-corrected chi connectivity index (χ1v) is 12.6. The second-order valence-electron chi connectivity index (χ2n) is 8.09. The van der Waals surface area contributed by atoms with Gasteiger partial charge in [0.2, 0.25) is 0 Å². The Morgan fingerprint density at radius 3 is 3.03 bits per heavy atom. The Morgan fingerprint density at radius 1 is 1.38 bits per heavy atom. The van der Waals surface area contributed by atoms with Crippen LogP contribution < -0.4 is 11.1 Å². The third kappa shape index (κ3) is 3.80. The molecule has 0 radical (unpaired) electrons. The first-order chi connectivity index (χ1) is 15.4. The summed E-state index contributed by atoms with van der Waals surface area (Å²) in [4.78, 5) is 40.3. The van der Waals surface area contributed by atoms with Crippen molar-refractivity contribution in [3.05, 3.63) is 72.8 Å². The minimum absolute atomic E-state index is 0.0839. The molecule has 3 heterocycles. The van der Waals surface area contributed by atoms with Crippen LogP contribution in [0.3, 0.4) is 0 Å². The van der Waals surface area contributed by atoms with E-state index in [9.17, 15) is 9.59 Å². The zero-order valence-electron chi connectivity index (χ0n) is 17.5. The summed E-state index contributed by atoms with van der Waals surface area (Å²) in [6.45, 7) is 6.35. The van der Waals surface area contributed by atoms with Crippen molar-refractivity contribution < 1.29 is 0 Å². The number of rotatable bonds is 5. The first-order valence-electron chi connectivity index (χ1n) is 10.4. The van der Waals surface area contributed by atoms with Gasteiger partial charge in [0, 0.05) is 16.4 Å². The number of benzene rings is 1. The zero-order valence-corrected chi connectivity index (χ0v) is 19.9. The number of hydrogen-bond donors (Lipinski definition) is 1. The van der Waals surface area contributed by atoms with E-state index in [1.54, 1.807) is 40.2 Å². The van der Waals surface area contributed by atoms with Crippen LogP contribution in [-0.4, -0.2) is 19.5 Å². The van der Waals surface area contributed by atoms with Crippen molar-refractivity contribution in [2.75, 3.05) is 0 Å². The number of halogens is 1. The number of allylic oxidation sites excluding steroid dienone is 1. The molecule has 0 amide bonds. The number of aromatic nitrogens is 4. The van der Waals surface area contributed by atoms with Crippen LogP contribution in [0.2, 0.25) is 5.02 Å². The number of hydrogen-bond acceptors (Lipinski definition) is 6. The number of H-pyrrole nitrogens is 1. The van der Waals surface area contributed by atoms with Crippen molar-refractivity contribution in [2.45, 2.75) is 43.6 Å². The van der Waals surface area contributed by atoms with Crippen LogP contribution in [0.5, 0.6) is 0 Å². The van der Waals surface area contributed by atoms with E-state index in [1.165, 1.54) is 22.2 Å². The predicted molar refractivity (Wildman–Crippen MR) is 132 cm³/mol. The summed E-state index contributed by atoms with van der Waals surface area (Å²) in [6.07, 6.45) is 4.72. The number of thioether (sulfide) groups is 1. The maximum absolute atomic E-state index is 13.0. The Balaban J connectivity index is 1.51. The van der Waals surface area contributed by atoms with Gasteiger partial charge in [-0.2, -0.15) is 0 Å². The number of aromatic amines is 1. The fourth-order valence-electron chi connectivity index (χ4n) is 4.17. The van der Waals surface area contributed by atoms with E-state index in [0.717, 1.165) is 29.5 Å². The summed E-state index contributed by atoms with van der Waals surface area (Å²) < 4.78 is 1.58. The molecule has 0 spiro atoms. The lowest BCUT2D eigenvalue weighted by molar-refractivity contribution is 0.509. The molecule has 6 nitrogen and oxygen atoms in total. The molecule has 164 valence electrons. The molecule has 0 saturated heterocycles. The Morgan fingerprint density at radius 2 is 2.22 bits per heavy atom. The molecule has 5 rings (SSSR count). The standard InChI is InChI=1S/C23H21ClN4O2S2/c1-3-8-28-22(30)14-7-5-13(24)10-16(14)25-23(28)31-11-18-26-20(29)19-15-6-4-12(2)9-17(15)32-21(19)27-18/h3,5,7,10,12H,1,4,6,8-9,11H2,2H3,(H,26,27,29)/t12-/m0/s1. The van der Waals surface area contributed by atoms with Gasteiger partial charge in [-0.25, -0.2) is 9.97 Å². The summed E-state index contributed by atoms with van der Waals surface area (Å²) in [5.74, 6) is 1.60. The molecule has 0 bridgehead atoms. The van der Waals surface area contributed by atoms with Crippen LogP contribution in [0.15, 0.2) is 45.6 Å². The molecule has 0 saturated carbocycles. The quantitative estimate of drug-likeness (QED) is 0.246. The summed E-state index contributed by atoms with van der Waals surface area (Å²) in [6, 6.07) is 5.06. The molecule has 0 aliphatic heterocycles. The smallest absolute Gasteiger partial charge is 0.262 e. The van der Waals surface area contributed by atoms with Gasteiger partial charge in [0.15, 0.2) is 5.16 Å². The molecule has 9 heteroatoms. The molecule has 0 fully saturated rings. The number of fused-ring (bicyclic) bond motifs is 4. The Kier molecular flexibility index (Phi) is 5.69. The van der Waals surface area contributed by atoms with Gasteiger partial charge < -0.3 is 4.98 Å². The number of aryl methyl sites for hydroxylation is 1. The Bertz CT molecular complexity index is 1490. The summed E-state index contributed by atoms with van der Waals surface area (Å²) in [5, 5.41) is 2.31. The second-order valence-corrected chi connectivity index (χ2v) is 10.6. The monoisotopic (exact) mass is 484 g/mol. The number of nitrogens with one attached hydrogen (secondary N) is 1. The highest BCUT2D eigenvalue weighted by atomic mass is 35.5. The molecule has 1 aromatic carbocycles. The van der Waals surface area contributed by atoms with Crippen molar-refractivity contribution >= 4 is 55.8 Å². The van der Waals surface area contributed by atoms with Crippen molar-refractivity contribution in [1.82, 2.24) is 19.5 Å². The maximum atomic E-state index is 13.0. The summed E-state index contributed by atoms with van der Waals surface area (Å²) >= 11 is 9.09. The molecule has 1 aliphatic rings. The fourth-order valence-corrected chi connectivity index (χ4v) is 6.62. The highest BCUT2D eigenvalue weighted by Gasteiger charge is 2.23. The molecule has 0 unspecified atom stereocenters. The van der Waals surface area contributed by atoms with Crippen LogP contribution in [0.1, 0.15) is 29.6 Å². The first kappa shape index (κ1) is 21.4. The van der Waals surface area contributed by atoms with Crippen LogP contribution in [0.4, 0.5) is 0 Å². The molecule has 4 aromatic rings. The topological polar surface area (TPSA) is 80.6 Å². The molecular formula is C23H21ClN4O2S2. The number of thiophene rings is 1. The minimum Gasteiger partial charge on any atom is -0.309 e. The van der Waals surface area contributed by atoms with E-state index >= 15 is 0 Å². The molecule has 1 N–H and O–H groups in total. The lowest BCUT2D eigenvalue weighted by Crippen LogP contribution is -2.23. The largest absolute Gasteiger partial charge is 0.309 e. The SMILES string of the molecule is C=CCn1c(SCc2nc3sc4c(c3c(=O)[nH]2)CC[C@H](C)C4)nc2cc(Cl)ccc2c1=O. The molecule has 1 atom stereocenters. The normalized spacial score (nSPS) is 15.9. The van der Waals surface area contributed by atoms with Gasteiger partial charge in [-0.15, -0.1) is 17.9 Å². The van der Waals surface area contributed by atoms with Gasteiger partial charge in [-0.1, -0.05) is 36.4 Å². The van der Waals surface area contributed by atoms with Gasteiger partial charge in [0.05, 0.1) is 22.0 Å². The summed E-state index contributed by atoms with van der Waals surface area (Å²) in [5.41, 5.74) is 1.48.